The Kier molecular flexibility index (Phi) is 6.83. The van der Waals surface area contributed by atoms with Crippen molar-refractivity contribution in [2.45, 2.75) is 112 Å². The minimum Gasteiger partial charge on any atom is -0.459 e. The number of hydrogen-bond donors (Lipinski definition) is 1. The van der Waals surface area contributed by atoms with Gasteiger partial charge in [-0.1, -0.05) is 32.9 Å². The van der Waals surface area contributed by atoms with Gasteiger partial charge in [-0.15, -0.1) is 0 Å². The van der Waals surface area contributed by atoms with E-state index in [1.807, 2.05) is 26.8 Å². The SMILES string of the molecule is CC=C(C)C(=O)OCC1(O)CC23CCC4C(C)(C)C(OC(=O)C(C)=CC)CCC4(C)C2CCC1C3. The van der Waals surface area contributed by atoms with E-state index in [-0.39, 0.29) is 46.8 Å². The van der Waals surface area contributed by atoms with Crippen LogP contribution in [0.1, 0.15) is 99.8 Å². The molecule has 7 unspecified atom stereocenters. The van der Waals surface area contributed by atoms with Crippen molar-refractivity contribution in [2.75, 3.05) is 6.61 Å². The van der Waals surface area contributed by atoms with Crippen LogP contribution in [-0.2, 0) is 19.1 Å². The molecule has 0 radical (unpaired) electrons. The van der Waals surface area contributed by atoms with Crippen LogP contribution in [-0.4, -0.2) is 35.4 Å². The minimum absolute atomic E-state index is 0.0665. The van der Waals surface area contributed by atoms with Crippen molar-refractivity contribution in [1.29, 1.82) is 0 Å². The predicted molar refractivity (Wildman–Crippen MR) is 136 cm³/mol. The molecule has 4 rings (SSSR count). The first kappa shape index (κ1) is 26.4. The van der Waals surface area contributed by atoms with Crippen LogP contribution in [0, 0.1) is 34.0 Å². The number of rotatable bonds is 5. The molecule has 4 saturated carbocycles. The molecule has 196 valence electrons. The van der Waals surface area contributed by atoms with E-state index in [1.165, 1.54) is 0 Å². The van der Waals surface area contributed by atoms with Gasteiger partial charge in [-0.25, -0.2) is 9.59 Å². The third-order valence-corrected chi connectivity index (χ3v) is 11.0. The molecular weight excluding hydrogens is 440 g/mol. The molecule has 4 aliphatic carbocycles. The van der Waals surface area contributed by atoms with E-state index in [0.29, 0.717) is 23.0 Å². The molecule has 4 aliphatic rings. The fraction of sp³-hybridized carbons (Fsp3) is 0.800. The summed E-state index contributed by atoms with van der Waals surface area (Å²) < 4.78 is 11.7. The zero-order chi connectivity index (χ0) is 25.8. The Balaban J connectivity index is 1.53. The van der Waals surface area contributed by atoms with E-state index < -0.39 is 5.60 Å². The van der Waals surface area contributed by atoms with E-state index in [2.05, 4.69) is 20.8 Å². The van der Waals surface area contributed by atoms with Gasteiger partial charge < -0.3 is 14.6 Å². The Bertz CT molecular complexity index is 931. The summed E-state index contributed by atoms with van der Waals surface area (Å²) in [6.07, 6.45) is 11.5. The quantitative estimate of drug-likeness (QED) is 0.373. The van der Waals surface area contributed by atoms with Gasteiger partial charge in [-0.2, -0.15) is 0 Å². The summed E-state index contributed by atoms with van der Waals surface area (Å²) in [5.41, 5.74) is 0.520. The molecule has 0 aliphatic heterocycles. The lowest BCUT2D eigenvalue weighted by Crippen LogP contribution is -2.59. The minimum atomic E-state index is -0.923. The highest BCUT2D eigenvalue weighted by Crippen LogP contribution is 2.73. The maximum atomic E-state index is 12.6. The zero-order valence-electron chi connectivity index (χ0n) is 22.9. The average molecular weight is 487 g/mol. The summed E-state index contributed by atoms with van der Waals surface area (Å²) >= 11 is 0. The fourth-order valence-corrected chi connectivity index (χ4v) is 8.97. The van der Waals surface area contributed by atoms with Crippen molar-refractivity contribution in [3.8, 4) is 0 Å². The van der Waals surface area contributed by atoms with Gasteiger partial charge in [0.25, 0.3) is 0 Å². The smallest absolute Gasteiger partial charge is 0.333 e. The van der Waals surface area contributed by atoms with Gasteiger partial charge in [0, 0.05) is 16.6 Å². The molecule has 5 nitrogen and oxygen atoms in total. The van der Waals surface area contributed by atoms with Gasteiger partial charge in [0.2, 0.25) is 0 Å². The van der Waals surface area contributed by atoms with Crippen molar-refractivity contribution in [3.05, 3.63) is 23.3 Å². The third kappa shape index (κ3) is 4.20. The molecular formula is C30H46O5. The van der Waals surface area contributed by atoms with Crippen LogP contribution in [0.2, 0.25) is 0 Å². The average Bonchev–Trinajstić information content (AvgIpc) is 3.02. The normalized spacial score (nSPS) is 42.6. The van der Waals surface area contributed by atoms with E-state index >= 15 is 0 Å². The molecule has 1 N–H and O–H groups in total. The van der Waals surface area contributed by atoms with Crippen molar-refractivity contribution >= 4 is 11.9 Å². The first-order valence-corrected chi connectivity index (χ1v) is 13.7. The Hall–Kier alpha value is -1.62. The van der Waals surface area contributed by atoms with Crippen LogP contribution in [0.25, 0.3) is 0 Å². The van der Waals surface area contributed by atoms with Crippen LogP contribution in [0.5, 0.6) is 0 Å². The Labute approximate surface area is 211 Å². The maximum absolute atomic E-state index is 12.6. The van der Waals surface area contributed by atoms with Crippen molar-refractivity contribution < 1.29 is 24.2 Å². The van der Waals surface area contributed by atoms with Crippen molar-refractivity contribution in [1.82, 2.24) is 0 Å². The number of fused-ring (bicyclic) bond motifs is 3. The van der Waals surface area contributed by atoms with Crippen LogP contribution in [0.15, 0.2) is 23.3 Å². The number of carbonyl (C=O) groups excluding carboxylic acids is 2. The molecule has 4 fully saturated rings. The van der Waals surface area contributed by atoms with Crippen LogP contribution in [0.4, 0.5) is 0 Å². The topological polar surface area (TPSA) is 72.8 Å². The van der Waals surface area contributed by atoms with E-state index in [1.54, 1.807) is 13.0 Å². The fourth-order valence-electron chi connectivity index (χ4n) is 8.97. The third-order valence-electron chi connectivity index (χ3n) is 11.0. The van der Waals surface area contributed by atoms with E-state index in [9.17, 15) is 14.7 Å². The lowest BCUT2D eigenvalue weighted by Gasteiger charge is -2.65. The second-order valence-electron chi connectivity index (χ2n) is 13.0. The van der Waals surface area contributed by atoms with Gasteiger partial charge in [-0.05, 0) is 108 Å². The highest BCUT2D eigenvalue weighted by atomic mass is 16.5. The molecule has 35 heavy (non-hydrogen) atoms. The highest BCUT2D eigenvalue weighted by Gasteiger charge is 2.68. The number of aliphatic hydroxyl groups is 1. The monoisotopic (exact) mass is 486 g/mol. The molecule has 0 aromatic rings. The molecule has 0 amide bonds. The van der Waals surface area contributed by atoms with E-state index in [4.69, 9.17) is 9.47 Å². The molecule has 5 heteroatoms. The second kappa shape index (κ2) is 9.04. The van der Waals surface area contributed by atoms with Gasteiger partial charge in [0.1, 0.15) is 18.3 Å². The first-order chi connectivity index (χ1) is 16.3. The van der Waals surface area contributed by atoms with Crippen LogP contribution in [0.3, 0.4) is 0 Å². The summed E-state index contributed by atoms with van der Waals surface area (Å²) in [4.78, 5) is 24.9. The number of esters is 2. The molecule has 0 aromatic heterocycles. The Morgan fingerprint density at radius 3 is 2.23 bits per heavy atom. The maximum Gasteiger partial charge on any atom is 0.333 e. The highest BCUT2D eigenvalue weighted by molar-refractivity contribution is 5.88. The molecule has 0 aromatic carbocycles. The molecule has 0 heterocycles. The standard InChI is InChI=1S/C30H46O5/c1-8-19(3)25(31)34-18-30(33)17-29-15-12-22-27(5,6)24(35-26(32)20(4)9-2)13-14-28(22,7)23(29)11-10-21(30)16-29/h8-9,21-24,33H,10-18H2,1-7H3. The van der Waals surface area contributed by atoms with Gasteiger partial charge >= 0.3 is 11.9 Å². The summed E-state index contributed by atoms with van der Waals surface area (Å²) in [6.45, 7) is 14.5. The van der Waals surface area contributed by atoms with Crippen LogP contribution < -0.4 is 0 Å². The largest absolute Gasteiger partial charge is 0.459 e. The first-order valence-electron chi connectivity index (χ1n) is 13.7. The van der Waals surface area contributed by atoms with Gasteiger partial charge in [0.15, 0.2) is 0 Å². The van der Waals surface area contributed by atoms with Crippen molar-refractivity contribution in [3.63, 3.8) is 0 Å². The lowest BCUT2D eigenvalue weighted by molar-refractivity contribution is -0.196. The van der Waals surface area contributed by atoms with Gasteiger partial charge in [0.05, 0.1) is 0 Å². The number of allylic oxidation sites excluding steroid dienone is 2. The molecule has 7 atom stereocenters. The molecule has 1 spiro atoms. The van der Waals surface area contributed by atoms with Gasteiger partial charge in [-0.3, -0.25) is 0 Å². The zero-order valence-corrected chi connectivity index (χ0v) is 22.9. The molecule has 2 bridgehead atoms. The summed E-state index contributed by atoms with van der Waals surface area (Å²) in [6, 6.07) is 0. The van der Waals surface area contributed by atoms with Crippen molar-refractivity contribution in [2.24, 2.45) is 34.0 Å². The number of ether oxygens (including phenoxy) is 2. The van der Waals surface area contributed by atoms with Crippen LogP contribution >= 0.6 is 0 Å². The predicted octanol–water partition coefficient (Wildman–Crippen LogP) is 6.15. The summed E-state index contributed by atoms with van der Waals surface area (Å²) in [5.74, 6) is 0.704. The number of carbonyl (C=O) groups is 2. The summed E-state index contributed by atoms with van der Waals surface area (Å²) in [5, 5.41) is 11.7. The molecule has 0 saturated heterocycles. The Morgan fingerprint density at radius 2 is 1.57 bits per heavy atom. The Morgan fingerprint density at radius 1 is 0.914 bits per heavy atom. The summed E-state index contributed by atoms with van der Waals surface area (Å²) in [7, 11) is 0. The number of hydrogen-bond acceptors (Lipinski definition) is 5. The van der Waals surface area contributed by atoms with E-state index in [0.717, 1.165) is 51.4 Å². The second-order valence-corrected chi connectivity index (χ2v) is 13.0. The lowest BCUT2D eigenvalue weighted by atomic mass is 9.41.